The van der Waals surface area contributed by atoms with E-state index in [-0.39, 0.29) is 5.91 Å². The average Bonchev–Trinajstić information content (AvgIpc) is 3.26. The lowest BCUT2D eigenvalue weighted by molar-refractivity contribution is -0.128. The van der Waals surface area contributed by atoms with Crippen LogP contribution in [-0.4, -0.2) is 52.0 Å². The van der Waals surface area contributed by atoms with Gasteiger partial charge in [0.15, 0.2) is 5.82 Å². The number of hydrogen-bond donors (Lipinski definition) is 0. The molecule has 0 unspecified atom stereocenters. The first-order chi connectivity index (χ1) is 11.7. The summed E-state index contributed by atoms with van der Waals surface area (Å²) in [6.45, 7) is 7.73. The SMILES string of the molecule is CC/C=C(\C)C(=O)N1CCN(Cc2noc(-c3cccs3)n2)CC1. The number of rotatable bonds is 5. The van der Waals surface area contributed by atoms with Gasteiger partial charge in [-0.15, -0.1) is 11.3 Å². The van der Waals surface area contributed by atoms with Crippen molar-refractivity contribution in [2.24, 2.45) is 0 Å². The lowest BCUT2D eigenvalue weighted by Gasteiger charge is -2.34. The number of amides is 1. The lowest BCUT2D eigenvalue weighted by Crippen LogP contribution is -2.48. The molecular formula is C17H22N4O2S. The highest BCUT2D eigenvalue weighted by molar-refractivity contribution is 7.13. The van der Waals surface area contributed by atoms with Crippen molar-refractivity contribution in [1.29, 1.82) is 0 Å². The van der Waals surface area contributed by atoms with Crippen LogP contribution in [0, 0.1) is 0 Å². The third-order valence-electron chi connectivity index (χ3n) is 4.07. The van der Waals surface area contributed by atoms with Crippen LogP contribution >= 0.6 is 11.3 Å². The Bertz CT molecular complexity index is 700. The molecule has 7 heteroatoms. The summed E-state index contributed by atoms with van der Waals surface area (Å²) in [5.41, 5.74) is 0.838. The molecule has 128 valence electrons. The molecule has 3 rings (SSSR count). The monoisotopic (exact) mass is 346 g/mol. The molecule has 0 atom stereocenters. The molecule has 0 N–H and O–H groups in total. The topological polar surface area (TPSA) is 62.5 Å². The van der Waals surface area contributed by atoms with Crippen LogP contribution in [0.5, 0.6) is 0 Å². The second kappa shape index (κ2) is 7.72. The molecule has 1 aliphatic heterocycles. The highest BCUT2D eigenvalue weighted by Gasteiger charge is 2.23. The number of piperazine rings is 1. The number of allylic oxidation sites excluding steroid dienone is 1. The second-order valence-corrected chi connectivity index (χ2v) is 6.80. The van der Waals surface area contributed by atoms with Crippen LogP contribution in [0.2, 0.25) is 0 Å². The fourth-order valence-electron chi connectivity index (χ4n) is 2.77. The van der Waals surface area contributed by atoms with Crippen molar-refractivity contribution in [3.05, 3.63) is 35.0 Å². The zero-order valence-electron chi connectivity index (χ0n) is 14.1. The Labute approximate surface area is 145 Å². The van der Waals surface area contributed by atoms with Crippen LogP contribution in [-0.2, 0) is 11.3 Å². The largest absolute Gasteiger partial charge is 0.336 e. The maximum atomic E-state index is 12.3. The normalized spacial score (nSPS) is 16.6. The van der Waals surface area contributed by atoms with E-state index in [1.807, 2.05) is 42.3 Å². The third kappa shape index (κ3) is 3.91. The Morgan fingerprint density at radius 3 is 2.83 bits per heavy atom. The van der Waals surface area contributed by atoms with E-state index in [1.54, 1.807) is 11.3 Å². The van der Waals surface area contributed by atoms with E-state index in [2.05, 4.69) is 15.0 Å². The van der Waals surface area contributed by atoms with E-state index in [4.69, 9.17) is 4.52 Å². The van der Waals surface area contributed by atoms with E-state index in [0.717, 1.165) is 43.1 Å². The van der Waals surface area contributed by atoms with Crippen LogP contribution in [0.25, 0.3) is 10.8 Å². The molecule has 1 saturated heterocycles. The molecule has 6 nitrogen and oxygen atoms in total. The highest BCUT2D eigenvalue weighted by atomic mass is 32.1. The lowest BCUT2D eigenvalue weighted by atomic mass is 10.2. The summed E-state index contributed by atoms with van der Waals surface area (Å²) in [4.78, 5) is 21.9. The van der Waals surface area contributed by atoms with Crippen molar-refractivity contribution in [3.8, 4) is 10.8 Å². The first-order valence-electron chi connectivity index (χ1n) is 8.22. The molecule has 0 spiro atoms. The van der Waals surface area contributed by atoms with Crippen molar-refractivity contribution >= 4 is 17.2 Å². The number of nitrogens with zero attached hydrogens (tertiary/aromatic N) is 4. The van der Waals surface area contributed by atoms with Crippen LogP contribution in [0.1, 0.15) is 26.1 Å². The Balaban J connectivity index is 1.52. The number of aromatic nitrogens is 2. The fraction of sp³-hybridized carbons (Fsp3) is 0.471. The molecule has 1 aliphatic rings. The quantitative estimate of drug-likeness (QED) is 0.779. The van der Waals surface area contributed by atoms with Gasteiger partial charge in [0.05, 0.1) is 11.4 Å². The van der Waals surface area contributed by atoms with Crippen molar-refractivity contribution < 1.29 is 9.32 Å². The average molecular weight is 346 g/mol. The summed E-state index contributed by atoms with van der Waals surface area (Å²) in [6, 6.07) is 3.94. The zero-order chi connectivity index (χ0) is 16.9. The second-order valence-electron chi connectivity index (χ2n) is 5.86. The van der Waals surface area contributed by atoms with Crippen LogP contribution in [0.4, 0.5) is 0 Å². The van der Waals surface area contributed by atoms with Gasteiger partial charge < -0.3 is 9.42 Å². The first-order valence-corrected chi connectivity index (χ1v) is 9.10. The van der Waals surface area contributed by atoms with Gasteiger partial charge in [-0.05, 0) is 24.8 Å². The summed E-state index contributed by atoms with van der Waals surface area (Å²) in [5.74, 6) is 1.42. The predicted molar refractivity (Wildman–Crippen MR) is 93.5 cm³/mol. The minimum atomic E-state index is 0.149. The molecule has 0 aromatic carbocycles. The Morgan fingerprint density at radius 1 is 1.38 bits per heavy atom. The van der Waals surface area contributed by atoms with Gasteiger partial charge in [-0.2, -0.15) is 4.98 Å². The van der Waals surface area contributed by atoms with Crippen molar-refractivity contribution in [3.63, 3.8) is 0 Å². The van der Waals surface area contributed by atoms with Gasteiger partial charge >= 0.3 is 0 Å². The zero-order valence-corrected chi connectivity index (χ0v) is 14.9. The summed E-state index contributed by atoms with van der Waals surface area (Å²) >= 11 is 1.59. The summed E-state index contributed by atoms with van der Waals surface area (Å²) < 4.78 is 5.32. The van der Waals surface area contributed by atoms with Crippen molar-refractivity contribution in [1.82, 2.24) is 19.9 Å². The maximum absolute atomic E-state index is 12.3. The Kier molecular flexibility index (Phi) is 5.42. The van der Waals surface area contributed by atoms with Gasteiger partial charge in [0, 0.05) is 31.8 Å². The standard InChI is InChI=1S/C17H22N4O2S/c1-3-5-13(2)17(22)21-9-7-20(8-10-21)12-15-18-16(23-19-15)14-6-4-11-24-14/h4-6,11H,3,7-10,12H2,1-2H3/b13-5+. The molecule has 0 aliphatic carbocycles. The van der Waals surface area contributed by atoms with Gasteiger partial charge in [0.25, 0.3) is 5.89 Å². The predicted octanol–water partition coefficient (Wildman–Crippen LogP) is 2.80. The number of carbonyl (C=O) groups is 1. The minimum Gasteiger partial charge on any atom is -0.336 e. The van der Waals surface area contributed by atoms with E-state index in [1.165, 1.54) is 0 Å². The van der Waals surface area contributed by atoms with Crippen molar-refractivity contribution in [2.45, 2.75) is 26.8 Å². The van der Waals surface area contributed by atoms with Gasteiger partial charge in [0.1, 0.15) is 0 Å². The molecule has 2 aromatic rings. The van der Waals surface area contributed by atoms with E-state index < -0.39 is 0 Å². The Hall–Kier alpha value is -1.99. The fourth-order valence-corrected chi connectivity index (χ4v) is 3.42. The number of thiophene rings is 1. The van der Waals surface area contributed by atoms with Gasteiger partial charge in [-0.3, -0.25) is 9.69 Å². The van der Waals surface area contributed by atoms with Gasteiger partial charge in [0.2, 0.25) is 5.91 Å². The third-order valence-corrected chi connectivity index (χ3v) is 4.93. The summed E-state index contributed by atoms with van der Waals surface area (Å²) in [7, 11) is 0. The smallest absolute Gasteiger partial charge is 0.268 e. The molecule has 24 heavy (non-hydrogen) atoms. The molecular weight excluding hydrogens is 324 g/mol. The van der Waals surface area contributed by atoms with Crippen LogP contribution in [0.15, 0.2) is 33.7 Å². The Morgan fingerprint density at radius 2 is 2.17 bits per heavy atom. The summed E-state index contributed by atoms with van der Waals surface area (Å²) in [6.07, 6.45) is 2.88. The van der Waals surface area contributed by atoms with Gasteiger partial charge in [-0.25, -0.2) is 0 Å². The molecule has 1 fully saturated rings. The molecule has 0 radical (unpaired) electrons. The summed E-state index contributed by atoms with van der Waals surface area (Å²) in [5, 5.41) is 6.05. The van der Waals surface area contributed by atoms with Crippen molar-refractivity contribution in [2.75, 3.05) is 26.2 Å². The molecule has 1 amide bonds. The van der Waals surface area contributed by atoms with E-state index in [9.17, 15) is 4.79 Å². The molecule has 0 bridgehead atoms. The first kappa shape index (κ1) is 16.9. The number of hydrogen-bond acceptors (Lipinski definition) is 6. The van der Waals surface area contributed by atoms with Crippen LogP contribution < -0.4 is 0 Å². The number of carbonyl (C=O) groups excluding carboxylic acids is 1. The van der Waals surface area contributed by atoms with Gasteiger partial charge in [-0.1, -0.05) is 24.2 Å². The molecule has 3 heterocycles. The maximum Gasteiger partial charge on any atom is 0.268 e. The highest BCUT2D eigenvalue weighted by Crippen LogP contribution is 2.22. The molecule has 0 saturated carbocycles. The van der Waals surface area contributed by atoms with Crippen LogP contribution in [0.3, 0.4) is 0 Å². The minimum absolute atomic E-state index is 0.149. The van der Waals surface area contributed by atoms with E-state index in [0.29, 0.717) is 18.3 Å². The molecule has 2 aromatic heterocycles. The van der Waals surface area contributed by atoms with E-state index >= 15 is 0 Å².